The van der Waals surface area contributed by atoms with Gasteiger partial charge in [-0.3, -0.25) is 9.69 Å². The number of likely N-dealkylation sites (tertiary alicyclic amines) is 1. The Balaban J connectivity index is 1.86. The average molecular weight is 346 g/mol. The van der Waals surface area contributed by atoms with Gasteiger partial charge in [0, 0.05) is 32.0 Å². The fourth-order valence-corrected chi connectivity index (χ4v) is 5.91. The SMILES string of the molecule is C[SiH](C)O[C@@]12CN(Cc3ccccc3)C[C@@H]1[C@H](C(C)(C)C)CC2=O. The van der Waals surface area contributed by atoms with E-state index in [-0.39, 0.29) is 5.41 Å². The van der Waals surface area contributed by atoms with Gasteiger partial charge in [-0.05, 0) is 30.0 Å². The number of Topliss-reactive ketones (excluding diaryl/α,β-unsaturated/α-hetero) is 1. The molecule has 0 radical (unpaired) electrons. The highest BCUT2D eigenvalue weighted by Crippen LogP contribution is 2.52. The molecular weight excluding hydrogens is 314 g/mol. The Labute approximate surface area is 148 Å². The van der Waals surface area contributed by atoms with Crippen LogP contribution >= 0.6 is 0 Å². The van der Waals surface area contributed by atoms with Gasteiger partial charge in [0.25, 0.3) is 0 Å². The lowest BCUT2D eigenvalue weighted by Crippen LogP contribution is -2.48. The third-order valence-corrected chi connectivity index (χ3v) is 6.57. The molecule has 1 aliphatic heterocycles. The van der Waals surface area contributed by atoms with E-state index < -0.39 is 14.6 Å². The highest BCUT2D eigenvalue weighted by Gasteiger charge is 2.62. The Kier molecular flexibility index (Phi) is 4.75. The average Bonchev–Trinajstić information content (AvgIpc) is 2.93. The number of ketones is 1. The molecule has 3 nitrogen and oxygen atoms in total. The van der Waals surface area contributed by atoms with Crippen molar-refractivity contribution in [1.82, 2.24) is 4.90 Å². The van der Waals surface area contributed by atoms with Crippen molar-refractivity contribution in [3.63, 3.8) is 0 Å². The first-order valence-corrected chi connectivity index (χ1v) is 12.0. The molecule has 0 unspecified atom stereocenters. The highest BCUT2D eigenvalue weighted by atomic mass is 28.3. The molecule has 132 valence electrons. The molecule has 0 amide bonds. The number of hydrogen-bond donors (Lipinski definition) is 0. The van der Waals surface area contributed by atoms with E-state index in [2.05, 4.69) is 69.1 Å². The van der Waals surface area contributed by atoms with Gasteiger partial charge in [0.2, 0.25) is 0 Å². The molecule has 1 aromatic carbocycles. The van der Waals surface area contributed by atoms with Crippen molar-refractivity contribution in [2.45, 2.75) is 52.4 Å². The molecule has 3 atom stereocenters. The van der Waals surface area contributed by atoms with Crippen LogP contribution in [0.25, 0.3) is 0 Å². The summed E-state index contributed by atoms with van der Waals surface area (Å²) in [7, 11) is -1.29. The van der Waals surface area contributed by atoms with Gasteiger partial charge in [0.15, 0.2) is 14.8 Å². The molecule has 1 saturated heterocycles. The van der Waals surface area contributed by atoms with Crippen LogP contribution in [-0.4, -0.2) is 38.4 Å². The zero-order valence-electron chi connectivity index (χ0n) is 15.7. The van der Waals surface area contributed by atoms with Gasteiger partial charge < -0.3 is 4.43 Å². The van der Waals surface area contributed by atoms with Crippen molar-refractivity contribution in [3.8, 4) is 0 Å². The standard InChI is InChI=1S/C20H31NO2Si/c1-19(2,3)16-11-18(22)20(23-24(4)5)14-21(13-17(16)20)12-15-9-7-6-8-10-15/h6-10,16-17,24H,11-14H2,1-5H3/t16-,17-,20+/m1/s1. The number of carbonyl (C=O) groups is 1. The Morgan fingerprint density at radius 2 is 1.92 bits per heavy atom. The minimum atomic E-state index is -1.29. The predicted molar refractivity (Wildman–Crippen MR) is 100 cm³/mol. The van der Waals surface area contributed by atoms with Crippen LogP contribution in [0.1, 0.15) is 32.8 Å². The van der Waals surface area contributed by atoms with Crippen LogP contribution in [0.4, 0.5) is 0 Å². The summed E-state index contributed by atoms with van der Waals surface area (Å²) in [5.74, 6) is 1.10. The van der Waals surface area contributed by atoms with Gasteiger partial charge in [-0.15, -0.1) is 0 Å². The molecule has 2 fully saturated rings. The summed E-state index contributed by atoms with van der Waals surface area (Å²) in [5.41, 5.74) is 0.925. The minimum Gasteiger partial charge on any atom is -0.407 e. The van der Waals surface area contributed by atoms with Crippen LogP contribution in [0.15, 0.2) is 30.3 Å². The molecule has 0 N–H and O–H groups in total. The summed E-state index contributed by atoms with van der Waals surface area (Å²) in [6, 6.07) is 10.6. The molecule has 0 aromatic heterocycles. The molecule has 24 heavy (non-hydrogen) atoms. The Hall–Kier alpha value is -0.973. The smallest absolute Gasteiger partial charge is 0.172 e. The summed E-state index contributed by atoms with van der Waals surface area (Å²) >= 11 is 0. The first-order valence-electron chi connectivity index (χ1n) is 9.20. The number of fused-ring (bicyclic) bond motifs is 1. The maximum Gasteiger partial charge on any atom is 0.172 e. The van der Waals surface area contributed by atoms with Crippen LogP contribution in [0.5, 0.6) is 0 Å². The predicted octanol–water partition coefficient (Wildman–Crippen LogP) is 3.49. The molecule has 3 rings (SSSR count). The molecule has 1 saturated carbocycles. The summed E-state index contributed by atoms with van der Waals surface area (Å²) in [6.07, 6.45) is 0.689. The molecule has 2 aliphatic rings. The lowest BCUT2D eigenvalue weighted by Gasteiger charge is -2.35. The van der Waals surface area contributed by atoms with E-state index in [0.717, 1.165) is 19.6 Å². The Bertz CT molecular complexity index is 595. The molecule has 0 bridgehead atoms. The first kappa shape index (κ1) is 17.8. The van der Waals surface area contributed by atoms with Gasteiger partial charge in [-0.1, -0.05) is 51.1 Å². The number of rotatable bonds is 4. The Morgan fingerprint density at radius 1 is 1.25 bits per heavy atom. The van der Waals surface area contributed by atoms with E-state index in [1.165, 1.54) is 5.56 Å². The highest BCUT2D eigenvalue weighted by molar-refractivity contribution is 6.48. The molecule has 1 heterocycles. The molecule has 0 spiro atoms. The van der Waals surface area contributed by atoms with Crippen LogP contribution in [0.2, 0.25) is 13.1 Å². The molecule has 4 heteroatoms. The number of benzene rings is 1. The van der Waals surface area contributed by atoms with Gasteiger partial charge in [0.1, 0.15) is 5.60 Å². The van der Waals surface area contributed by atoms with E-state index in [1.54, 1.807) is 0 Å². The topological polar surface area (TPSA) is 29.5 Å². The van der Waals surface area contributed by atoms with Gasteiger partial charge >= 0.3 is 0 Å². The number of carbonyl (C=O) groups excluding carboxylic acids is 1. The third-order valence-electron chi connectivity index (χ3n) is 5.68. The second-order valence-electron chi connectivity index (χ2n) is 8.92. The Morgan fingerprint density at radius 3 is 2.50 bits per heavy atom. The van der Waals surface area contributed by atoms with Gasteiger partial charge in [-0.25, -0.2) is 0 Å². The fraction of sp³-hybridized carbons (Fsp3) is 0.650. The van der Waals surface area contributed by atoms with E-state index in [4.69, 9.17) is 4.43 Å². The second-order valence-corrected chi connectivity index (χ2v) is 11.3. The van der Waals surface area contributed by atoms with E-state index in [1.807, 2.05) is 0 Å². The van der Waals surface area contributed by atoms with E-state index in [9.17, 15) is 4.79 Å². The van der Waals surface area contributed by atoms with Crippen LogP contribution in [0, 0.1) is 17.3 Å². The summed E-state index contributed by atoms with van der Waals surface area (Å²) in [6.45, 7) is 13.8. The summed E-state index contributed by atoms with van der Waals surface area (Å²) in [5, 5.41) is 0. The van der Waals surface area contributed by atoms with Crippen molar-refractivity contribution in [1.29, 1.82) is 0 Å². The van der Waals surface area contributed by atoms with Crippen LogP contribution in [-0.2, 0) is 15.8 Å². The van der Waals surface area contributed by atoms with Gasteiger partial charge in [-0.2, -0.15) is 0 Å². The maximum atomic E-state index is 13.0. The zero-order valence-corrected chi connectivity index (χ0v) is 16.9. The summed E-state index contributed by atoms with van der Waals surface area (Å²) < 4.78 is 6.48. The fourth-order valence-electron chi connectivity index (χ4n) is 4.68. The molecule has 1 aromatic rings. The minimum absolute atomic E-state index is 0.146. The molecule has 1 aliphatic carbocycles. The van der Waals surface area contributed by atoms with Gasteiger partial charge in [0.05, 0.1) is 0 Å². The normalized spacial score (nSPS) is 31.0. The van der Waals surface area contributed by atoms with Crippen molar-refractivity contribution < 1.29 is 9.22 Å². The lowest BCUT2D eigenvalue weighted by molar-refractivity contribution is -0.132. The summed E-state index contributed by atoms with van der Waals surface area (Å²) in [4.78, 5) is 15.5. The number of nitrogens with zero attached hydrogens (tertiary/aromatic N) is 1. The van der Waals surface area contributed by atoms with E-state index in [0.29, 0.717) is 24.0 Å². The largest absolute Gasteiger partial charge is 0.407 e. The van der Waals surface area contributed by atoms with Crippen molar-refractivity contribution in [3.05, 3.63) is 35.9 Å². The van der Waals surface area contributed by atoms with E-state index >= 15 is 0 Å². The second kappa shape index (κ2) is 6.39. The molecular formula is C20H31NO2Si. The van der Waals surface area contributed by atoms with Crippen molar-refractivity contribution >= 4 is 14.8 Å². The number of hydrogen-bond acceptors (Lipinski definition) is 3. The maximum absolute atomic E-state index is 13.0. The quantitative estimate of drug-likeness (QED) is 0.782. The third kappa shape index (κ3) is 3.24. The van der Waals surface area contributed by atoms with Crippen molar-refractivity contribution in [2.75, 3.05) is 13.1 Å². The van der Waals surface area contributed by atoms with Crippen LogP contribution in [0.3, 0.4) is 0 Å². The van der Waals surface area contributed by atoms with Crippen LogP contribution < -0.4 is 0 Å². The van der Waals surface area contributed by atoms with Crippen molar-refractivity contribution in [2.24, 2.45) is 17.3 Å². The monoisotopic (exact) mass is 345 g/mol. The first-order chi connectivity index (χ1) is 11.2. The lowest BCUT2D eigenvalue weighted by atomic mass is 9.73. The zero-order chi connectivity index (χ0) is 17.5.